The third kappa shape index (κ3) is 55.5. The van der Waals surface area contributed by atoms with Crippen molar-refractivity contribution in [2.45, 2.75) is 353 Å². The fourth-order valence-electron chi connectivity index (χ4n) is 9.69. The molecule has 0 heterocycles. The molecule has 0 fully saturated rings. The minimum atomic E-state index is -0.858. The van der Waals surface area contributed by atoms with E-state index >= 15 is 0 Å². The van der Waals surface area contributed by atoms with Crippen molar-refractivity contribution in [1.29, 1.82) is 0 Å². The normalized spacial score (nSPS) is 12.7. The lowest BCUT2D eigenvalue weighted by molar-refractivity contribution is -0.143. The van der Waals surface area contributed by atoms with Gasteiger partial charge in [0.15, 0.2) is 0 Å². The molecule has 0 bridgehead atoms. The van der Waals surface area contributed by atoms with Crippen LogP contribution in [0.4, 0.5) is 0 Å². The maximum atomic E-state index is 12.5. The van der Waals surface area contributed by atoms with Gasteiger partial charge in [0.05, 0.1) is 25.4 Å². The maximum Gasteiger partial charge on any atom is 0.305 e. The van der Waals surface area contributed by atoms with Crippen molar-refractivity contribution in [3.05, 3.63) is 24.3 Å². The average molecular weight is 973 g/mol. The molecule has 3 N–H and O–H groups in total. The van der Waals surface area contributed by atoms with Gasteiger partial charge in [0.2, 0.25) is 5.91 Å². The lowest BCUT2D eigenvalue weighted by Crippen LogP contribution is -2.45. The van der Waals surface area contributed by atoms with E-state index in [1.165, 1.54) is 257 Å². The number of carbonyl (C=O) groups excluding carboxylic acids is 2. The SMILES string of the molecule is CCCCCCCCC/C=C\CCCCCCCCCC(=O)OCCCCCCCCCCCCCC(=O)NC(CO)C(O)/C=C/CCCCCCCCCCCCCCCCCCCCCCC. The van der Waals surface area contributed by atoms with Crippen molar-refractivity contribution >= 4 is 11.9 Å². The summed E-state index contributed by atoms with van der Waals surface area (Å²) < 4.78 is 5.48. The van der Waals surface area contributed by atoms with Gasteiger partial charge in [-0.1, -0.05) is 295 Å². The quantitative estimate of drug-likeness (QED) is 0.0321. The molecule has 6 heteroatoms. The van der Waals surface area contributed by atoms with Crippen molar-refractivity contribution in [3.8, 4) is 0 Å². The van der Waals surface area contributed by atoms with Crippen LogP contribution >= 0.6 is 0 Å². The molecule has 1 amide bonds. The third-order valence-electron chi connectivity index (χ3n) is 14.5. The molecule has 0 aliphatic rings. The van der Waals surface area contributed by atoms with Crippen molar-refractivity contribution in [2.75, 3.05) is 13.2 Å². The Labute approximate surface area is 431 Å². The Bertz CT molecular complexity index is 1080. The molecule has 0 rings (SSSR count). The molecule has 0 aliphatic heterocycles. The third-order valence-corrected chi connectivity index (χ3v) is 14.5. The van der Waals surface area contributed by atoms with Crippen LogP contribution in [-0.2, 0) is 14.3 Å². The minimum absolute atomic E-state index is 0.0174. The summed E-state index contributed by atoms with van der Waals surface area (Å²) >= 11 is 0. The number of nitrogens with one attached hydrogen (secondary N) is 1. The first-order chi connectivity index (χ1) is 34.0. The Hall–Kier alpha value is -1.66. The Morgan fingerprint density at radius 3 is 1.03 bits per heavy atom. The number of unbranched alkanes of at least 4 members (excludes halogenated alkanes) is 45. The van der Waals surface area contributed by atoms with Gasteiger partial charge in [0.1, 0.15) is 0 Å². The zero-order valence-electron chi connectivity index (χ0n) is 46.6. The number of ether oxygens (including phenoxy) is 1. The predicted molar refractivity (Wildman–Crippen MR) is 301 cm³/mol. The van der Waals surface area contributed by atoms with Crippen molar-refractivity contribution < 1.29 is 24.5 Å². The molecule has 0 saturated heterocycles. The van der Waals surface area contributed by atoms with Crippen LogP contribution < -0.4 is 5.32 Å². The minimum Gasteiger partial charge on any atom is -0.466 e. The van der Waals surface area contributed by atoms with Gasteiger partial charge in [0, 0.05) is 12.8 Å². The highest BCUT2D eigenvalue weighted by molar-refractivity contribution is 5.76. The Balaban J connectivity index is 3.48. The first kappa shape index (κ1) is 67.3. The highest BCUT2D eigenvalue weighted by atomic mass is 16.5. The molecule has 0 saturated carbocycles. The summed E-state index contributed by atoms with van der Waals surface area (Å²) in [6.07, 6.45) is 72.1. The van der Waals surface area contributed by atoms with Crippen LogP contribution in [0.3, 0.4) is 0 Å². The summed E-state index contributed by atoms with van der Waals surface area (Å²) in [7, 11) is 0. The van der Waals surface area contributed by atoms with Crippen molar-refractivity contribution in [1.82, 2.24) is 5.32 Å². The van der Waals surface area contributed by atoms with Crippen LogP contribution in [-0.4, -0.2) is 47.4 Å². The molecule has 2 atom stereocenters. The maximum absolute atomic E-state index is 12.5. The van der Waals surface area contributed by atoms with E-state index in [2.05, 4.69) is 31.3 Å². The standard InChI is InChI=1S/C63H121NO5/c1-3-5-7-9-11-13-15-17-19-21-23-24-25-26-27-28-30-32-35-39-43-47-51-55-61(66)60(59-65)64-62(67)56-52-48-44-40-36-34-38-42-46-50-54-58-69-63(68)57-53-49-45-41-37-33-31-29-22-20-18-16-14-12-10-8-6-4-2/h20,22,51,55,60-61,65-66H,3-19,21,23-50,52-54,56-59H2,1-2H3,(H,64,67)/b22-20-,55-51+. The van der Waals surface area contributed by atoms with E-state index in [0.717, 1.165) is 57.8 Å². The monoisotopic (exact) mass is 972 g/mol. The van der Waals surface area contributed by atoms with E-state index in [9.17, 15) is 19.8 Å². The number of hydrogen-bond acceptors (Lipinski definition) is 5. The number of rotatable bonds is 58. The zero-order valence-corrected chi connectivity index (χ0v) is 46.6. The topological polar surface area (TPSA) is 95.9 Å². The van der Waals surface area contributed by atoms with Gasteiger partial charge in [-0.15, -0.1) is 0 Å². The van der Waals surface area contributed by atoms with Gasteiger partial charge >= 0.3 is 5.97 Å². The second-order valence-electron chi connectivity index (χ2n) is 21.4. The van der Waals surface area contributed by atoms with Crippen LogP contribution in [0.1, 0.15) is 341 Å². The Kier molecular flexibility index (Phi) is 57.5. The molecular formula is C63H121NO5. The van der Waals surface area contributed by atoms with Gasteiger partial charge < -0.3 is 20.3 Å². The Morgan fingerprint density at radius 2 is 0.681 bits per heavy atom. The number of aliphatic hydroxyl groups excluding tert-OH is 2. The van der Waals surface area contributed by atoms with Gasteiger partial charge in [-0.2, -0.15) is 0 Å². The Morgan fingerprint density at radius 1 is 0.391 bits per heavy atom. The number of carbonyl (C=O) groups is 2. The van der Waals surface area contributed by atoms with Crippen molar-refractivity contribution in [3.63, 3.8) is 0 Å². The number of esters is 1. The molecule has 0 aromatic heterocycles. The molecule has 0 radical (unpaired) electrons. The van der Waals surface area contributed by atoms with E-state index in [-0.39, 0.29) is 18.5 Å². The molecule has 408 valence electrons. The fraction of sp³-hybridized carbons (Fsp3) is 0.905. The number of hydrogen-bond donors (Lipinski definition) is 3. The molecule has 0 aromatic carbocycles. The van der Waals surface area contributed by atoms with Crippen LogP contribution in [0.5, 0.6) is 0 Å². The zero-order chi connectivity index (χ0) is 50.0. The van der Waals surface area contributed by atoms with Gasteiger partial charge in [0.25, 0.3) is 0 Å². The van der Waals surface area contributed by atoms with Crippen LogP contribution in [0, 0.1) is 0 Å². The van der Waals surface area contributed by atoms with Gasteiger partial charge in [-0.25, -0.2) is 0 Å². The fourth-order valence-corrected chi connectivity index (χ4v) is 9.69. The predicted octanol–water partition coefficient (Wildman–Crippen LogP) is 19.4. The molecule has 2 unspecified atom stereocenters. The largest absolute Gasteiger partial charge is 0.466 e. The van der Waals surface area contributed by atoms with E-state index in [4.69, 9.17) is 4.74 Å². The lowest BCUT2D eigenvalue weighted by Gasteiger charge is -2.20. The smallest absolute Gasteiger partial charge is 0.305 e. The summed E-state index contributed by atoms with van der Waals surface area (Å²) in [6, 6.07) is -0.643. The highest BCUT2D eigenvalue weighted by Crippen LogP contribution is 2.17. The van der Waals surface area contributed by atoms with E-state index in [1.54, 1.807) is 6.08 Å². The van der Waals surface area contributed by atoms with Gasteiger partial charge in [-0.3, -0.25) is 9.59 Å². The molecule has 0 aliphatic carbocycles. The molecular weight excluding hydrogens is 851 g/mol. The average Bonchev–Trinajstić information content (AvgIpc) is 3.35. The molecule has 69 heavy (non-hydrogen) atoms. The highest BCUT2D eigenvalue weighted by Gasteiger charge is 2.18. The second-order valence-corrected chi connectivity index (χ2v) is 21.4. The first-order valence-corrected chi connectivity index (χ1v) is 31.1. The van der Waals surface area contributed by atoms with E-state index < -0.39 is 12.1 Å². The lowest BCUT2D eigenvalue weighted by atomic mass is 10.0. The summed E-state index contributed by atoms with van der Waals surface area (Å²) in [5.74, 6) is -0.101. The van der Waals surface area contributed by atoms with E-state index in [0.29, 0.717) is 19.4 Å². The van der Waals surface area contributed by atoms with Crippen LogP contribution in [0.2, 0.25) is 0 Å². The summed E-state index contributed by atoms with van der Waals surface area (Å²) in [5.41, 5.74) is 0. The van der Waals surface area contributed by atoms with Crippen LogP contribution in [0.15, 0.2) is 24.3 Å². The molecule has 0 spiro atoms. The van der Waals surface area contributed by atoms with Crippen molar-refractivity contribution in [2.24, 2.45) is 0 Å². The second kappa shape index (κ2) is 58.9. The molecule has 6 nitrogen and oxygen atoms in total. The first-order valence-electron chi connectivity index (χ1n) is 31.1. The summed E-state index contributed by atoms with van der Waals surface area (Å²) in [6.45, 7) is 4.88. The number of aliphatic hydroxyl groups is 2. The summed E-state index contributed by atoms with van der Waals surface area (Å²) in [5, 5.41) is 23.2. The molecule has 0 aromatic rings. The summed E-state index contributed by atoms with van der Waals surface area (Å²) in [4.78, 5) is 24.6. The van der Waals surface area contributed by atoms with Gasteiger partial charge in [-0.05, 0) is 57.8 Å². The van der Waals surface area contributed by atoms with E-state index in [1.807, 2.05) is 6.08 Å². The number of allylic oxidation sites excluding steroid dienone is 3. The number of amides is 1. The van der Waals surface area contributed by atoms with Crippen LogP contribution in [0.25, 0.3) is 0 Å².